The number of hydrogen-bond donors (Lipinski definition) is 1. The van der Waals surface area contributed by atoms with Gasteiger partial charge in [-0.05, 0) is 55.8 Å². The van der Waals surface area contributed by atoms with Crippen molar-refractivity contribution >= 4 is 23.2 Å². The number of ether oxygens (including phenoxy) is 1. The zero-order valence-corrected chi connectivity index (χ0v) is 16.4. The zero-order chi connectivity index (χ0) is 20.4. The fourth-order valence-corrected chi connectivity index (χ4v) is 3.02. The van der Waals surface area contributed by atoms with Gasteiger partial charge in [-0.15, -0.1) is 5.10 Å². The first-order chi connectivity index (χ1) is 14.1. The highest BCUT2D eigenvalue weighted by Crippen LogP contribution is 2.18. The second-order valence-electron chi connectivity index (χ2n) is 6.50. The van der Waals surface area contributed by atoms with Crippen LogP contribution >= 0.6 is 0 Å². The molecule has 3 aromatic heterocycles. The number of aromatic amines is 1. The molecule has 8 nitrogen and oxygen atoms in total. The lowest BCUT2D eigenvalue weighted by atomic mass is 10.1. The normalized spacial score (nSPS) is 11.4. The van der Waals surface area contributed by atoms with Gasteiger partial charge in [0.05, 0.1) is 18.1 Å². The Morgan fingerprint density at radius 1 is 1.17 bits per heavy atom. The van der Waals surface area contributed by atoms with Crippen molar-refractivity contribution in [3.05, 3.63) is 64.1 Å². The number of methoxy groups -OCH3 is 1. The number of aliphatic imine (C=N–C) groups is 1. The highest BCUT2D eigenvalue weighted by Gasteiger charge is 2.14. The molecule has 0 aliphatic carbocycles. The van der Waals surface area contributed by atoms with E-state index in [2.05, 4.69) is 25.2 Å². The van der Waals surface area contributed by atoms with E-state index < -0.39 is 0 Å². The molecule has 1 N–H and O–H groups in total. The summed E-state index contributed by atoms with van der Waals surface area (Å²) in [6.45, 7) is 4.58. The second-order valence-corrected chi connectivity index (χ2v) is 6.50. The van der Waals surface area contributed by atoms with Gasteiger partial charge in [-0.1, -0.05) is 0 Å². The Balaban J connectivity index is 1.69. The minimum atomic E-state index is -0.140. The van der Waals surface area contributed by atoms with Crippen LogP contribution in [0.25, 0.3) is 22.4 Å². The Morgan fingerprint density at radius 2 is 1.97 bits per heavy atom. The predicted molar refractivity (Wildman–Crippen MR) is 112 cm³/mol. The first-order valence-electron chi connectivity index (χ1n) is 9.20. The molecular weight excluding hydrogens is 368 g/mol. The Morgan fingerprint density at radius 3 is 2.69 bits per heavy atom. The molecule has 0 saturated heterocycles. The van der Waals surface area contributed by atoms with Gasteiger partial charge in [0.1, 0.15) is 11.4 Å². The smallest absolute Gasteiger partial charge is 0.268 e. The molecule has 0 aliphatic rings. The van der Waals surface area contributed by atoms with Crippen LogP contribution in [0, 0.1) is 6.92 Å². The van der Waals surface area contributed by atoms with Crippen molar-refractivity contribution in [1.82, 2.24) is 24.7 Å². The number of benzene rings is 1. The third-order valence-corrected chi connectivity index (χ3v) is 4.57. The summed E-state index contributed by atoms with van der Waals surface area (Å²) in [4.78, 5) is 26.1. The summed E-state index contributed by atoms with van der Waals surface area (Å²) in [6, 6.07) is 11.1. The Kier molecular flexibility index (Phi) is 4.90. The molecule has 0 fully saturated rings. The SMILES string of the molecule is CCn1cc(-c2nc(/N=C/c3ccc(OC)cc3)n[nH]2)c(=O)c2ccc(C)nc21. The molecule has 0 bridgehead atoms. The molecule has 8 heteroatoms. The molecule has 3 heterocycles. The van der Waals surface area contributed by atoms with Crippen LogP contribution in [0.1, 0.15) is 18.2 Å². The Labute approximate surface area is 166 Å². The van der Waals surface area contributed by atoms with Crippen molar-refractivity contribution in [2.45, 2.75) is 20.4 Å². The number of hydrogen-bond acceptors (Lipinski definition) is 6. The summed E-state index contributed by atoms with van der Waals surface area (Å²) in [7, 11) is 1.62. The van der Waals surface area contributed by atoms with Gasteiger partial charge in [0.15, 0.2) is 5.82 Å². The van der Waals surface area contributed by atoms with E-state index in [9.17, 15) is 4.79 Å². The van der Waals surface area contributed by atoms with Gasteiger partial charge in [0.2, 0.25) is 5.43 Å². The fourth-order valence-electron chi connectivity index (χ4n) is 3.02. The van der Waals surface area contributed by atoms with E-state index >= 15 is 0 Å². The van der Waals surface area contributed by atoms with E-state index in [4.69, 9.17) is 4.74 Å². The summed E-state index contributed by atoms with van der Waals surface area (Å²) in [5, 5.41) is 7.48. The minimum absolute atomic E-state index is 0.140. The average Bonchev–Trinajstić information content (AvgIpc) is 3.21. The molecule has 0 unspecified atom stereocenters. The monoisotopic (exact) mass is 388 g/mol. The maximum absolute atomic E-state index is 13.0. The topological polar surface area (TPSA) is 98.0 Å². The molecule has 0 saturated carbocycles. The third-order valence-electron chi connectivity index (χ3n) is 4.57. The molecule has 0 aliphatic heterocycles. The first-order valence-corrected chi connectivity index (χ1v) is 9.20. The maximum Gasteiger partial charge on any atom is 0.268 e. The number of nitrogens with zero attached hydrogens (tertiary/aromatic N) is 5. The fraction of sp³-hybridized carbons (Fsp3) is 0.190. The number of H-pyrrole nitrogens is 1. The van der Waals surface area contributed by atoms with E-state index in [-0.39, 0.29) is 11.4 Å². The summed E-state index contributed by atoms with van der Waals surface area (Å²) in [5.41, 5.74) is 2.71. The number of aromatic nitrogens is 5. The second kappa shape index (κ2) is 7.67. The Hall–Kier alpha value is -3.81. The van der Waals surface area contributed by atoms with E-state index in [1.165, 1.54) is 0 Å². The average molecular weight is 388 g/mol. The number of fused-ring (bicyclic) bond motifs is 1. The molecule has 0 spiro atoms. The lowest BCUT2D eigenvalue weighted by Crippen LogP contribution is -2.13. The van der Waals surface area contributed by atoms with Crippen LogP contribution < -0.4 is 10.2 Å². The van der Waals surface area contributed by atoms with Crippen molar-refractivity contribution in [2.24, 2.45) is 4.99 Å². The van der Waals surface area contributed by atoms with Gasteiger partial charge < -0.3 is 9.30 Å². The minimum Gasteiger partial charge on any atom is -0.497 e. The van der Waals surface area contributed by atoms with Gasteiger partial charge in [-0.3, -0.25) is 9.89 Å². The predicted octanol–water partition coefficient (Wildman–Crippen LogP) is 3.27. The van der Waals surface area contributed by atoms with Crippen molar-refractivity contribution in [3.63, 3.8) is 0 Å². The zero-order valence-electron chi connectivity index (χ0n) is 16.4. The number of aryl methyl sites for hydroxylation is 2. The molecule has 29 heavy (non-hydrogen) atoms. The van der Waals surface area contributed by atoms with Crippen LogP contribution in [-0.4, -0.2) is 38.1 Å². The van der Waals surface area contributed by atoms with Crippen molar-refractivity contribution in [2.75, 3.05) is 7.11 Å². The number of nitrogens with one attached hydrogen (secondary N) is 1. The quantitative estimate of drug-likeness (QED) is 0.529. The standard InChI is InChI=1S/C21H20N6O2/c1-4-27-12-17(18(28)16-10-5-13(2)23-20(16)27)19-24-21(26-25-19)22-11-14-6-8-15(29-3)9-7-14/h5-12H,4H2,1-3H3,(H,24,25,26)/b22-11+. The van der Waals surface area contributed by atoms with Crippen molar-refractivity contribution < 1.29 is 4.74 Å². The highest BCUT2D eigenvalue weighted by atomic mass is 16.5. The summed E-state index contributed by atoms with van der Waals surface area (Å²) in [6.07, 6.45) is 3.42. The van der Waals surface area contributed by atoms with Gasteiger partial charge in [-0.2, -0.15) is 4.98 Å². The van der Waals surface area contributed by atoms with Gasteiger partial charge in [-0.25, -0.2) is 9.98 Å². The molecule has 0 atom stereocenters. The third kappa shape index (κ3) is 3.64. The Bertz CT molecular complexity index is 1250. The lowest BCUT2D eigenvalue weighted by Gasteiger charge is -2.10. The van der Waals surface area contributed by atoms with Crippen molar-refractivity contribution in [3.8, 4) is 17.1 Å². The van der Waals surface area contributed by atoms with Crippen LogP contribution in [0.5, 0.6) is 5.75 Å². The summed E-state index contributed by atoms with van der Waals surface area (Å²) < 4.78 is 7.07. The van der Waals surface area contributed by atoms with Crippen LogP contribution in [0.4, 0.5) is 5.95 Å². The largest absolute Gasteiger partial charge is 0.497 e. The first kappa shape index (κ1) is 18.5. The molecule has 4 rings (SSSR count). The molecule has 0 amide bonds. The van der Waals surface area contributed by atoms with E-state index in [1.807, 2.05) is 48.7 Å². The molecule has 0 radical (unpaired) electrons. The van der Waals surface area contributed by atoms with E-state index in [0.29, 0.717) is 29.0 Å². The van der Waals surface area contributed by atoms with E-state index in [0.717, 1.165) is 17.0 Å². The van der Waals surface area contributed by atoms with Gasteiger partial charge >= 0.3 is 0 Å². The maximum atomic E-state index is 13.0. The summed E-state index contributed by atoms with van der Waals surface area (Å²) in [5.74, 6) is 1.40. The van der Waals surface area contributed by atoms with Gasteiger partial charge in [0, 0.05) is 24.7 Å². The number of pyridine rings is 2. The van der Waals surface area contributed by atoms with Crippen LogP contribution in [-0.2, 0) is 6.54 Å². The van der Waals surface area contributed by atoms with Gasteiger partial charge in [0.25, 0.3) is 5.95 Å². The lowest BCUT2D eigenvalue weighted by molar-refractivity contribution is 0.415. The van der Waals surface area contributed by atoms with Crippen LogP contribution in [0.3, 0.4) is 0 Å². The van der Waals surface area contributed by atoms with Crippen LogP contribution in [0.2, 0.25) is 0 Å². The summed E-state index contributed by atoms with van der Waals surface area (Å²) >= 11 is 0. The molecule has 146 valence electrons. The molecular formula is C21H20N6O2. The molecule has 4 aromatic rings. The molecule has 1 aromatic carbocycles. The highest BCUT2D eigenvalue weighted by molar-refractivity contribution is 5.82. The van der Waals surface area contributed by atoms with E-state index in [1.54, 1.807) is 25.6 Å². The van der Waals surface area contributed by atoms with Crippen molar-refractivity contribution in [1.29, 1.82) is 0 Å². The number of rotatable bonds is 5. The van der Waals surface area contributed by atoms with Crippen LogP contribution in [0.15, 0.2) is 52.4 Å².